The summed E-state index contributed by atoms with van der Waals surface area (Å²) in [6, 6.07) is 67.7. The van der Waals surface area contributed by atoms with Gasteiger partial charge in [-0.25, -0.2) is 0 Å². The Kier molecular flexibility index (Phi) is 6.53. The zero-order valence-electron chi connectivity index (χ0n) is 27.3. The molecule has 0 N–H and O–H groups in total. The highest BCUT2D eigenvalue weighted by Crippen LogP contribution is 2.43. The van der Waals surface area contributed by atoms with E-state index in [1.165, 1.54) is 54.6 Å². The van der Waals surface area contributed by atoms with Gasteiger partial charge < -0.3 is 9.32 Å². The predicted octanol–water partition coefficient (Wildman–Crippen LogP) is 13.8. The first kappa shape index (κ1) is 28.4. The Morgan fingerprint density at radius 1 is 0.300 bits per heavy atom. The molecular weight excluding hydrogens is 607 g/mol. The molecule has 10 aromatic rings. The summed E-state index contributed by atoms with van der Waals surface area (Å²) < 4.78 is 6.25. The quantitative estimate of drug-likeness (QED) is 0.175. The molecule has 9 aromatic carbocycles. The van der Waals surface area contributed by atoms with Gasteiger partial charge in [-0.15, -0.1) is 0 Å². The van der Waals surface area contributed by atoms with Crippen LogP contribution < -0.4 is 4.90 Å². The highest BCUT2D eigenvalue weighted by molar-refractivity contribution is 6.14. The van der Waals surface area contributed by atoms with Crippen LogP contribution in [0, 0.1) is 0 Å². The summed E-state index contributed by atoms with van der Waals surface area (Å²) in [4.78, 5) is 2.38. The second kappa shape index (κ2) is 11.5. The number of fused-ring (bicyclic) bond motifs is 7. The average Bonchev–Trinajstić information content (AvgIpc) is 3.56. The molecule has 50 heavy (non-hydrogen) atoms. The summed E-state index contributed by atoms with van der Waals surface area (Å²) in [5.41, 5.74) is 9.82. The Balaban J connectivity index is 1.19. The molecule has 0 atom stereocenters. The first-order valence-electron chi connectivity index (χ1n) is 17.1. The Morgan fingerprint density at radius 2 is 0.860 bits per heavy atom. The van der Waals surface area contributed by atoms with Crippen LogP contribution in [0.4, 0.5) is 17.1 Å². The number of anilines is 3. The van der Waals surface area contributed by atoms with Crippen LogP contribution in [0.5, 0.6) is 0 Å². The predicted molar refractivity (Wildman–Crippen MR) is 212 cm³/mol. The maximum Gasteiger partial charge on any atom is 0.135 e. The second-order valence-corrected chi connectivity index (χ2v) is 12.9. The number of para-hydroxylation sites is 1. The smallest absolute Gasteiger partial charge is 0.135 e. The molecule has 10 rings (SSSR count). The van der Waals surface area contributed by atoms with E-state index in [1.54, 1.807) is 0 Å². The van der Waals surface area contributed by atoms with E-state index in [-0.39, 0.29) is 0 Å². The number of hydrogen-bond donors (Lipinski definition) is 0. The molecule has 0 bridgehead atoms. The summed E-state index contributed by atoms with van der Waals surface area (Å²) in [6.07, 6.45) is 0. The van der Waals surface area contributed by atoms with Gasteiger partial charge in [-0.3, -0.25) is 0 Å². The summed E-state index contributed by atoms with van der Waals surface area (Å²) in [5.74, 6) is 0. The molecule has 0 aliphatic rings. The van der Waals surface area contributed by atoms with Gasteiger partial charge in [0, 0.05) is 27.8 Å². The van der Waals surface area contributed by atoms with Crippen LogP contribution in [0.1, 0.15) is 0 Å². The van der Waals surface area contributed by atoms with E-state index in [1.807, 2.05) is 12.1 Å². The minimum Gasteiger partial charge on any atom is -0.456 e. The van der Waals surface area contributed by atoms with E-state index in [0.717, 1.165) is 39.0 Å². The van der Waals surface area contributed by atoms with Crippen molar-refractivity contribution in [1.82, 2.24) is 0 Å². The van der Waals surface area contributed by atoms with Crippen molar-refractivity contribution in [3.8, 4) is 22.3 Å². The summed E-state index contributed by atoms with van der Waals surface area (Å²) in [6.45, 7) is 0. The van der Waals surface area contributed by atoms with Crippen molar-refractivity contribution < 1.29 is 4.42 Å². The number of nitrogens with zero attached hydrogens (tertiary/aromatic N) is 1. The maximum atomic E-state index is 6.25. The molecule has 0 aliphatic carbocycles. The number of benzene rings is 9. The zero-order chi connectivity index (χ0) is 33.0. The van der Waals surface area contributed by atoms with Crippen LogP contribution in [0.25, 0.3) is 76.5 Å². The SMILES string of the molecule is c1cc(-c2cccc3ccccc23)cc(N(c2cccc(-c3cc4ccccc4c4ccccc34)c2)c2ccc3oc4ccccc4c3c2)c1. The van der Waals surface area contributed by atoms with E-state index in [9.17, 15) is 0 Å². The van der Waals surface area contributed by atoms with E-state index >= 15 is 0 Å². The van der Waals surface area contributed by atoms with Gasteiger partial charge in [0.1, 0.15) is 11.2 Å². The molecule has 2 nitrogen and oxygen atoms in total. The normalized spacial score (nSPS) is 11.6. The Labute approximate surface area is 290 Å². The van der Waals surface area contributed by atoms with Crippen molar-refractivity contribution in [2.24, 2.45) is 0 Å². The van der Waals surface area contributed by atoms with Crippen molar-refractivity contribution >= 4 is 71.3 Å². The fourth-order valence-electron chi connectivity index (χ4n) is 7.70. The lowest BCUT2D eigenvalue weighted by Gasteiger charge is -2.27. The van der Waals surface area contributed by atoms with Gasteiger partial charge in [0.2, 0.25) is 0 Å². The molecule has 2 heteroatoms. The largest absolute Gasteiger partial charge is 0.456 e. The molecule has 0 aliphatic heterocycles. The van der Waals surface area contributed by atoms with Gasteiger partial charge in [-0.05, 0) is 109 Å². The van der Waals surface area contributed by atoms with E-state index in [4.69, 9.17) is 4.42 Å². The molecule has 0 saturated heterocycles. The summed E-state index contributed by atoms with van der Waals surface area (Å²) in [7, 11) is 0. The average molecular weight is 638 g/mol. The lowest BCUT2D eigenvalue weighted by molar-refractivity contribution is 0.669. The third-order valence-electron chi connectivity index (χ3n) is 10.0. The molecule has 0 amide bonds. The van der Waals surface area contributed by atoms with Crippen molar-refractivity contribution in [2.45, 2.75) is 0 Å². The standard InChI is InChI=1S/C48H31NO/c1-3-19-39-32(12-1)14-11-24-40(39)33-15-9-17-36(28-33)49(38-26-27-48-46(31-38)44-23-7-8-25-47(44)50-48)37-18-10-16-34(29-37)45-30-35-13-2-4-20-41(35)42-21-5-6-22-43(42)45/h1-31H. The lowest BCUT2D eigenvalue weighted by Crippen LogP contribution is -2.10. The lowest BCUT2D eigenvalue weighted by atomic mass is 9.93. The molecule has 0 radical (unpaired) electrons. The summed E-state index contributed by atoms with van der Waals surface area (Å²) >= 11 is 0. The van der Waals surface area contributed by atoms with Crippen LogP contribution in [-0.4, -0.2) is 0 Å². The highest BCUT2D eigenvalue weighted by Gasteiger charge is 2.18. The zero-order valence-corrected chi connectivity index (χ0v) is 27.3. The number of rotatable bonds is 5. The number of furan rings is 1. The fraction of sp³-hybridized carbons (Fsp3) is 0. The molecule has 0 saturated carbocycles. The number of hydrogen-bond acceptors (Lipinski definition) is 2. The van der Waals surface area contributed by atoms with Crippen LogP contribution in [-0.2, 0) is 0 Å². The third kappa shape index (κ3) is 4.65. The van der Waals surface area contributed by atoms with Crippen molar-refractivity contribution in [1.29, 1.82) is 0 Å². The minimum absolute atomic E-state index is 0.885. The van der Waals surface area contributed by atoms with Crippen molar-refractivity contribution in [2.75, 3.05) is 4.90 Å². The van der Waals surface area contributed by atoms with E-state index in [0.29, 0.717) is 0 Å². The molecule has 1 aromatic heterocycles. The van der Waals surface area contributed by atoms with Gasteiger partial charge in [0.25, 0.3) is 0 Å². The Hall–Kier alpha value is -6.64. The molecule has 1 heterocycles. The fourth-order valence-corrected chi connectivity index (χ4v) is 7.70. The molecular formula is C48H31NO. The van der Waals surface area contributed by atoms with Gasteiger partial charge in [0.05, 0.1) is 0 Å². The monoisotopic (exact) mass is 637 g/mol. The summed E-state index contributed by atoms with van der Waals surface area (Å²) in [5, 5.41) is 9.73. The van der Waals surface area contributed by atoms with Gasteiger partial charge >= 0.3 is 0 Å². The molecule has 0 fully saturated rings. The van der Waals surface area contributed by atoms with Crippen molar-refractivity contribution in [3.05, 3.63) is 188 Å². The topological polar surface area (TPSA) is 16.4 Å². The molecule has 0 unspecified atom stereocenters. The maximum absolute atomic E-state index is 6.25. The van der Waals surface area contributed by atoms with Gasteiger partial charge in [-0.2, -0.15) is 0 Å². The van der Waals surface area contributed by atoms with Crippen LogP contribution in [0.3, 0.4) is 0 Å². The van der Waals surface area contributed by atoms with Crippen LogP contribution in [0.15, 0.2) is 192 Å². The third-order valence-corrected chi connectivity index (χ3v) is 10.0. The van der Waals surface area contributed by atoms with Crippen molar-refractivity contribution in [3.63, 3.8) is 0 Å². The molecule has 0 spiro atoms. The Bertz CT molecular complexity index is 2890. The first-order valence-corrected chi connectivity index (χ1v) is 17.1. The van der Waals surface area contributed by atoms with E-state index < -0.39 is 0 Å². The Morgan fingerprint density at radius 3 is 1.66 bits per heavy atom. The van der Waals surface area contributed by atoms with Gasteiger partial charge in [-0.1, -0.05) is 133 Å². The first-order chi connectivity index (χ1) is 24.8. The van der Waals surface area contributed by atoms with Gasteiger partial charge in [0.15, 0.2) is 0 Å². The van der Waals surface area contributed by atoms with E-state index in [2.05, 4.69) is 181 Å². The minimum atomic E-state index is 0.885. The highest BCUT2D eigenvalue weighted by atomic mass is 16.3. The molecule has 234 valence electrons. The van der Waals surface area contributed by atoms with Crippen LogP contribution >= 0.6 is 0 Å². The second-order valence-electron chi connectivity index (χ2n) is 12.9. The van der Waals surface area contributed by atoms with Crippen LogP contribution in [0.2, 0.25) is 0 Å².